The molecule has 0 saturated carbocycles. The molecule has 0 aliphatic rings. The fourth-order valence-corrected chi connectivity index (χ4v) is 2.71. The van der Waals surface area contributed by atoms with E-state index in [1.165, 1.54) is 0 Å². The van der Waals surface area contributed by atoms with Gasteiger partial charge < -0.3 is 9.84 Å². The summed E-state index contributed by atoms with van der Waals surface area (Å²) in [5.74, 6) is -0.291. The van der Waals surface area contributed by atoms with E-state index in [2.05, 4.69) is 4.98 Å². The average molecular weight is 333 g/mol. The topological polar surface area (TPSA) is 59.4 Å². The number of hydrogen-bond acceptors (Lipinski definition) is 3. The number of hydrogen-bond donors (Lipinski definition) is 1. The predicted molar refractivity (Wildman–Crippen MR) is 96.5 cm³/mol. The van der Waals surface area contributed by atoms with Gasteiger partial charge in [0.1, 0.15) is 12.4 Å². The summed E-state index contributed by atoms with van der Waals surface area (Å²) in [6.45, 7) is 2.34. The molecule has 0 unspecified atom stereocenters. The SMILES string of the molecule is Cc1ncccc1-c1ccc(OCc2ccccc2)c(CC(=O)O)c1. The largest absolute Gasteiger partial charge is 0.489 e. The molecule has 1 heterocycles. The van der Waals surface area contributed by atoms with E-state index in [0.29, 0.717) is 17.9 Å². The fraction of sp³-hybridized carbons (Fsp3) is 0.143. The second-order valence-electron chi connectivity index (χ2n) is 5.80. The number of aliphatic carboxylic acids is 1. The molecule has 2 aromatic carbocycles. The third-order valence-electron chi connectivity index (χ3n) is 3.96. The number of carboxylic acid groups (broad SMARTS) is 1. The molecule has 4 heteroatoms. The lowest BCUT2D eigenvalue weighted by molar-refractivity contribution is -0.136. The Morgan fingerprint density at radius 2 is 1.88 bits per heavy atom. The molecule has 1 N–H and O–H groups in total. The predicted octanol–water partition coefficient (Wildman–Crippen LogP) is 4.26. The van der Waals surface area contributed by atoms with Crippen LogP contribution in [0.25, 0.3) is 11.1 Å². The van der Waals surface area contributed by atoms with E-state index in [9.17, 15) is 9.90 Å². The van der Waals surface area contributed by atoms with Gasteiger partial charge in [-0.2, -0.15) is 0 Å². The summed E-state index contributed by atoms with van der Waals surface area (Å²) < 4.78 is 5.87. The zero-order chi connectivity index (χ0) is 17.6. The minimum atomic E-state index is -0.885. The molecule has 0 radical (unpaired) electrons. The van der Waals surface area contributed by atoms with Crippen molar-refractivity contribution in [1.82, 2.24) is 4.98 Å². The lowest BCUT2D eigenvalue weighted by atomic mass is 10.00. The van der Waals surface area contributed by atoms with Crippen LogP contribution < -0.4 is 4.74 Å². The maximum atomic E-state index is 11.2. The molecule has 3 rings (SSSR count). The molecule has 4 nitrogen and oxygen atoms in total. The van der Waals surface area contributed by atoms with Gasteiger partial charge in [-0.25, -0.2) is 0 Å². The van der Waals surface area contributed by atoms with Gasteiger partial charge in [-0.15, -0.1) is 0 Å². The quantitative estimate of drug-likeness (QED) is 0.732. The van der Waals surface area contributed by atoms with E-state index in [4.69, 9.17) is 4.74 Å². The number of nitrogens with zero attached hydrogens (tertiary/aromatic N) is 1. The Labute approximate surface area is 146 Å². The summed E-state index contributed by atoms with van der Waals surface area (Å²) in [4.78, 5) is 15.5. The first kappa shape index (κ1) is 16.7. The Balaban J connectivity index is 1.90. The second kappa shape index (κ2) is 7.62. The molecule has 0 aliphatic heterocycles. The van der Waals surface area contributed by atoms with E-state index in [1.54, 1.807) is 6.20 Å². The first-order valence-electron chi connectivity index (χ1n) is 8.07. The molecule has 0 fully saturated rings. The number of aromatic nitrogens is 1. The molecule has 0 aliphatic carbocycles. The minimum absolute atomic E-state index is 0.0860. The monoisotopic (exact) mass is 333 g/mol. The van der Waals surface area contributed by atoms with E-state index < -0.39 is 5.97 Å². The highest BCUT2D eigenvalue weighted by Crippen LogP contribution is 2.29. The van der Waals surface area contributed by atoms with Crippen LogP contribution in [0.4, 0.5) is 0 Å². The van der Waals surface area contributed by atoms with E-state index in [1.807, 2.05) is 67.6 Å². The molecule has 126 valence electrons. The number of carboxylic acids is 1. The maximum Gasteiger partial charge on any atom is 0.307 e. The molecule has 0 bridgehead atoms. The molecule has 0 atom stereocenters. The molecule has 25 heavy (non-hydrogen) atoms. The zero-order valence-electron chi connectivity index (χ0n) is 14.0. The highest BCUT2D eigenvalue weighted by molar-refractivity contribution is 5.74. The summed E-state index contributed by atoms with van der Waals surface area (Å²) in [7, 11) is 0. The van der Waals surface area contributed by atoms with Crippen molar-refractivity contribution in [2.75, 3.05) is 0 Å². The van der Waals surface area contributed by atoms with Crippen molar-refractivity contribution in [2.24, 2.45) is 0 Å². The Morgan fingerprint density at radius 1 is 1.08 bits per heavy atom. The van der Waals surface area contributed by atoms with Crippen LogP contribution in [-0.2, 0) is 17.8 Å². The van der Waals surface area contributed by atoms with Crippen molar-refractivity contribution in [3.8, 4) is 16.9 Å². The molecule has 1 aromatic heterocycles. The van der Waals surface area contributed by atoms with Crippen molar-refractivity contribution in [2.45, 2.75) is 20.0 Å². The third-order valence-corrected chi connectivity index (χ3v) is 3.96. The van der Waals surface area contributed by atoms with Gasteiger partial charge in [0.2, 0.25) is 0 Å². The van der Waals surface area contributed by atoms with Crippen molar-refractivity contribution in [3.63, 3.8) is 0 Å². The Morgan fingerprint density at radius 3 is 2.60 bits per heavy atom. The van der Waals surface area contributed by atoms with Crippen LogP contribution in [0.15, 0.2) is 66.9 Å². The highest BCUT2D eigenvalue weighted by atomic mass is 16.5. The van der Waals surface area contributed by atoms with Crippen LogP contribution in [0.3, 0.4) is 0 Å². The smallest absolute Gasteiger partial charge is 0.307 e. The number of aryl methyl sites for hydroxylation is 1. The Kier molecular flexibility index (Phi) is 5.09. The van der Waals surface area contributed by atoms with Gasteiger partial charge in [-0.05, 0) is 36.2 Å². The molecular weight excluding hydrogens is 314 g/mol. The molecule has 3 aromatic rings. The van der Waals surface area contributed by atoms with Crippen LogP contribution >= 0.6 is 0 Å². The van der Waals surface area contributed by atoms with Crippen LogP contribution in [0.5, 0.6) is 5.75 Å². The Bertz CT molecular complexity index is 875. The Hall–Kier alpha value is -3.14. The van der Waals surface area contributed by atoms with Crippen LogP contribution in [0, 0.1) is 6.92 Å². The fourth-order valence-electron chi connectivity index (χ4n) is 2.71. The van der Waals surface area contributed by atoms with Crippen LogP contribution in [0.1, 0.15) is 16.8 Å². The number of benzene rings is 2. The summed E-state index contributed by atoms with van der Waals surface area (Å²) in [5, 5.41) is 9.22. The van der Waals surface area contributed by atoms with Crippen LogP contribution in [0.2, 0.25) is 0 Å². The van der Waals surface area contributed by atoms with Gasteiger partial charge in [0, 0.05) is 23.0 Å². The van der Waals surface area contributed by atoms with E-state index in [-0.39, 0.29) is 6.42 Å². The van der Waals surface area contributed by atoms with Gasteiger partial charge in [0.25, 0.3) is 0 Å². The van der Waals surface area contributed by atoms with Crippen molar-refractivity contribution >= 4 is 5.97 Å². The summed E-state index contributed by atoms with van der Waals surface area (Å²) in [6, 6.07) is 19.3. The molecule has 0 spiro atoms. The van der Waals surface area contributed by atoms with E-state index >= 15 is 0 Å². The van der Waals surface area contributed by atoms with Crippen molar-refractivity contribution in [1.29, 1.82) is 0 Å². The van der Waals surface area contributed by atoms with Gasteiger partial charge >= 0.3 is 5.97 Å². The van der Waals surface area contributed by atoms with Gasteiger partial charge in [0.05, 0.1) is 6.42 Å². The second-order valence-corrected chi connectivity index (χ2v) is 5.80. The zero-order valence-corrected chi connectivity index (χ0v) is 14.0. The molecule has 0 amide bonds. The van der Waals surface area contributed by atoms with Gasteiger partial charge in [-0.1, -0.05) is 42.5 Å². The number of rotatable bonds is 6. The van der Waals surface area contributed by atoms with Crippen molar-refractivity contribution < 1.29 is 14.6 Å². The first-order chi connectivity index (χ1) is 12.1. The lowest BCUT2D eigenvalue weighted by Crippen LogP contribution is -2.04. The number of pyridine rings is 1. The maximum absolute atomic E-state index is 11.2. The number of carbonyl (C=O) groups is 1. The van der Waals surface area contributed by atoms with Gasteiger partial charge in [-0.3, -0.25) is 9.78 Å². The van der Waals surface area contributed by atoms with Gasteiger partial charge in [0.15, 0.2) is 0 Å². The minimum Gasteiger partial charge on any atom is -0.489 e. The van der Waals surface area contributed by atoms with E-state index in [0.717, 1.165) is 22.4 Å². The van der Waals surface area contributed by atoms with Crippen LogP contribution in [-0.4, -0.2) is 16.1 Å². The standard InChI is InChI=1S/C21H19NO3/c1-15-19(8-5-11-22-15)17-9-10-20(18(12-17)13-21(23)24)25-14-16-6-3-2-4-7-16/h2-12H,13-14H2,1H3,(H,23,24). The molecular formula is C21H19NO3. The third kappa shape index (κ3) is 4.23. The summed E-state index contributed by atoms with van der Waals surface area (Å²) in [6.07, 6.45) is 1.66. The average Bonchev–Trinajstić information content (AvgIpc) is 2.61. The highest BCUT2D eigenvalue weighted by Gasteiger charge is 2.12. The lowest BCUT2D eigenvalue weighted by Gasteiger charge is -2.13. The number of ether oxygens (including phenoxy) is 1. The summed E-state index contributed by atoms with van der Waals surface area (Å²) >= 11 is 0. The summed E-state index contributed by atoms with van der Waals surface area (Å²) in [5.41, 5.74) is 4.53. The van der Waals surface area contributed by atoms with Crippen molar-refractivity contribution in [3.05, 3.63) is 83.7 Å². The first-order valence-corrected chi connectivity index (χ1v) is 8.07. The molecule has 0 saturated heterocycles. The normalized spacial score (nSPS) is 10.4.